The highest BCUT2D eigenvalue weighted by Gasteiger charge is 2.36. The van der Waals surface area contributed by atoms with Crippen LogP contribution in [-0.4, -0.2) is 244 Å². The molecule has 0 spiro atoms. The molecule has 0 radical (unpaired) electrons. The van der Waals surface area contributed by atoms with Crippen LogP contribution in [0, 0.1) is 13.8 Å². The number of likely N-dealkylation sites (tertiary alicyclic amines) is 8. The minimum Gasteiger partial charge on any atom is -0.461 e. The van der Waals surface area contributed by atoms with Gasteiger partial charge in [-0.3, -0.25) is 48.5 Å². The number of carbonyl (C=O) groups is 12. The Labute approximate surface area is 690 Å². The number of halogens is 2. The summed E-state index contributed by atoms with van der Waals surface area (Å²) >= 11 is 17.3. The smallest absolute Gasteiger partial charge is 0.322 e. The van der Waals surface area contributed by atoms with Crippen LogP contribution in [-0.2, 0) is 38.4 Å². The van der Waals surface area contributed by atoms with Gasteiger partial charge in [-0.05, 0) is 233 Å². The van der Waals surface area contributed by atoms with Crippen molar-refractivity contribution in [3.05, 3.63) is 124 Å². The fraction of sp³-hybridized carbons (Fsp3) is 0.506. The van der Waals surface area contributed by atoms with E-state index in [-0.39, 0.29) is 73.4 Å². The largest absolute Gasteiger partial charge is 0.461 e. The fourth-order valence-electron chi connectivity index (χ4n) is 15.6. The normalized spacial score (nSPS) is 19.9. The van der Waals surface area contributed by atoms with Crippen molar-refractivity contribution in [2.75, 3.05) is 121 Å². The van der Waals surface area contributed by atoms with Crippen LogP contribution in [0.25, 0.3) is 21.9 Å². The lowest BCUT2D eigenvalue weighted by Gasteiger charge is -2.27. The average molecular weight is 1650 g/mol. The van der Waals surface area contributed by atoms with E-state index in [1.165, 1.54) is 4.90 Å². The van der Waals surface area contributed by atoms with Crippen molar-refractivity contribution in [3.63, 3.8) is 0 Å². The van der Waals surface area contributed by atoms with Crippen molar-refractivity contribution in [3.8, 4) is 0 Å². The molecule has 8 aliphatic heterocycles. The van der Waals surface area contributed by atoms with E-state index >= 15 is 0 Å². The van der Waals surface area contributed by atoms with Crippen LogP contribution in [0.2, 0.25) is 10.0 Å². The zero-order chi connectivity index (χ0) is 82.2. The summed E-state index contributed by atoms with van der Waals surface area (Å²) in [6.45, 7) is 12.5. The van der Waals surface area contributed by atoms with E-state index in [9.17, 15) is 57.5 Å². The van der Waals surface area contributed by atoms with Gasteiger partial charge in [0.2, 0.25) is 47.3 Å². The number of thiocarbonyl (C=S) groups is 1. The first-order chi connectivity index (χ1) is 55.9. The van der Waals surface area contributed by atoms with Gasteiger partial charge in [-0.1, -0.05) is 41.4 Å². The molecule has 8 saturated heterocycles. The molecule has 33 heteroatoms. The van der Waals surface area contributed by atoms with Gasteiger partial charge in [-0.25, -0.2) is 14.4 Å². The molecular formula is C83H106Cl2N16O14S. The molecule has 0 bridgehead atoms. The number of aryl methyl sites for hydroxylation is 2. The van der Waals surface area contributed by atoms with Gasteiger partial charge in [0.05, 0.1) is 26.2 Å². The first-order valence-corrected chi connectivity index (χ1v) is 41.7. The number of anilines is 3. The van der Waals surface area contributed by atoms with Crippen LogP contribution in [0.1, 0.15) is 150 Å². The molecule has 10 heterocycles. The summed E-state index contributed by atoms with van der Waals surface area (Å²) in [5.74, 6) is 0.383. The molecule has 116 heavy (non-hydrogen) atoms. The van der Waals surface area contributed by atoms with Crippen LogP contribution in [0.4, 0.5) is 31.4 Å². The molecule has 14 rings (SSSR count). The first-order valence-electron chi connectivity index (χ1n) is 40.6. The third kappa shape index (κ3) is 25.2. The SMILES string of the molecule is Cc1cc2cc(NC(=O)NC3CCCCN(CC(=O)N4CCCC4)C3=O)ccc2o1.Cc1cc2cc(NC(=S)NC3CCCCN(CC(=O)N4CCCC4)C3=O)ccc2o1.O=C(NC(=O)c1ccccc1)N[C@H]1CCCCN(CC(=O)N2CCCC2)C1=O.O=C(Nc1cc(Cl)cc(Cl)c1)N[C@H]1CCCCN(CC(=O)N2CCCC2)C1=O. The number of carbonyl (C=O) groups excluding carboxylic acids is 12. The number of nitrogens with zero attached hydrogens (tertiary/aromatic N) is 8. The van der Waals surface area contributed by atoms with Gasteiger partial charge in [0.15, 0.2) is 5.11 Å². The molecule has 8 aliphatic rings. The zero-order valence-electron chi connectivity index (χ0n) is 66.0. The van der Waals surface area contributed by atoms with Crippen molar-refractivity contribution < 1.29 is 66.4 Å². The Morgan fingerprint density at radius 1 is 0.371 bits per heavy atom. The van der Waals surface area contributed by atoms with E-state index < -0.39 is 48.2 Å². The molecule has 2 aromatic heterocycles. The van der Waals surface area contributed by atoms with Crippen molar-refractivity contribution in [1.29, 1.82) is 0 Å². The molecule has 622 valence electrons. The van der Waals surface area contributed by atoms with Gasteiger partial charge in [0.1, 0.15) is 46.9 Å². The van der Waals surface area contributed by atoms with Crippen molar-refractivity contribution in [1.82, 2.24) is 65.8 Å². The number of nitrogens with one attached hydrogen (secondary N) is 8. The van der Waals surface area contributed by atoms with Crippen LogP contribution < -0.4 is 42.5 Å². The van der Waals surface area contributed by atoms with E-state index in [1.807, 2.05) is 60.0 Å². The van der Waals surface area contributed by atoms with E-state index in [2.05, 4.69) is 42.5 Å². The van der Waals surface area contributed by atoms with Gasteiger partial charge in [0, 0.05) is 122 Å². The minimum absolute atomic E-state index is 0.00494. The van der Waals surface area contributed by atoms with Gasteiger partial charge >= 0.3 is 18.1 Å². The number of fused-ring (bicyclic) bond motifs is 2. The molecule has 0 saturated carbocycles. The molecule has 8 fully saturated rings. The van der Waals surface area contributed by atoms with Gasteiger partial charge in [-0.2, -0.15) is 0 Å². The predicted octanol–water partition coefficient (Wildman–Crippen LogP) is 10.1. The molecule has 8 N–H and O–H groups in total. The van der Waals surface area contributed by atoms with Gasteiger partial charge in [-0.15, -0.1) is 0 Å². The van der Waals surface area contributed by atoms with Crippen molar-refractivity contribution in [2.45, 2.75) is 166 Å². The Morgan fingerprint density at radius 3 is 1.05 bits per heavy atom. The molecule has 15 amide bonds. The number of hydrogen-bond donors (Lipinski definition) is 8. The second-order valence-electron chi connectivity index (χ2n) is 30.6. The molecular weight excluding hydrogens is 1550 g/mol. The Hall–Kier alpha value is -10.5. The molecule has 0 aliphatic carbocycles. The summed E-state index contributed by atoms with van der Waals surface area (Å²) in [4.78, 5) is 164. The Morgan fingerprint density at radius 2 is 0.690 bits per heavy atom. The van der Waals surface area contributed by atoms with E-state index in [0.29, 0.717) is 84.0 Å². The first kappa shape index (κ1) is 86.3. The third-order valence-electron chi connectivity index (χ3n) is 21.7. The lowest BCUT2D eigenvalue weighted by molar-refractivity contribution is -0.140. The molecule has 2 unspecified atom stereocenters. The number of hydrogen-bond acceptors (Lipinski definition) is 15. The summed E-state index contributed by atoms with van der Waals surface area (Å²) in [5.41, 5.74) is 3.86. The lowest BCUT2D eigenvalue weighted by Crippen LogP contribution is -2.53. The Kier molecular flexibility index (Phi) is 31.5. The van der Waals surface area contributed by atoms with Crippen LogP contribution in [0.3, 0.4) is 0 Å². The maximum Gasteiger partial charge on any atom is 0.322 e. The zero-order valence-corrected chi connectivity index (χ0v) is 68.3. The number of rotatable bonds is 16. The molecule has 4 aromatic carbocycles. The molecule has 6 aromatic rings. The van der Waals surface area contributed by atoms with Gasteiger partial charge < -0.3 is 85.3 Å². The van der Waals surface area contributed by atoms with Gasteiger partial charge in [0.25, 0.3) is 5.91 Å². The lowest BCUT2D eigenvalue weighted by atomic mass is 10.1. The highest BCUT2D eigenvalue weighted by molar-refractivity contribution is 7.80. The fourth-order valence-corrected chi connectivity index (χ4v) is 16.4. The minimum atomic E-state index is -0.738. The van der Waals surface area contributed by atoms with E-state index in [4.69, 9.17) is 44.3 Å². The number of amides is 15. The number of benzene rings is 4. The summed E-state index contributed by atoms with van der Waals surface area (Å²) in [7, 11) is 0. The second kappa shape index (κ2) is 42.4. The summed E-state index contributed by atoms with van der Waals surface area (Å²) in [6.07, 6.45) is 17.1. The quantitative estimate of drug-likeness (QED) is 0.0418. The van der Waals surface area contributed by atoms with E-state index in [1.54, 1.807) is 85.2 Å². The predicted molar refractivity (Wildman–Crippen MR) is 445 cm³/mol. The number of imide groups is 1. The third-order valence-corrected chi connectivity index (χ3v) is 22.3. The topological polar surface area (TPSA) is 353 Å². The average Bonchev–Trinajstić information content (AvgIpc) is 1.69. The summed E-state index contributed by atoms with van der Waals surface area (Å²) in [5, 5.41) is 25.2. The van der Waals surface area contributed by atoms with Crippen molar-refractivity contribution in [2.24, 2.45) is 0 Å². The molecule has 4 atom stereocenters. The highest BCUT2D eigenvalue weighted by atomic mass is 35.5. The molecule has 30 nitrogen and oxygen atoms in total. The summed E-state index contributed by atoms with van der Waals surface area (Å²) in [6, 6.07) is 24.1. The Balaban J connectivity index is 0.000000152. The van der Waals surface area contributed by atoms with Crippen molar-refractivity contribution >= 4 is 151 Å². The van der Waals surface area contributed by atoms with Crippen LogP contribution in [0.15, 0.2) is 106 Å². The maximum atomic E-state index is 13.1. The Bertz CT molecular complexity index is 4330. The number of urea groups is 3. The van der Waals surface area contributed by atoms with Crippen LogP contribution >= 0.6 is 35.4 Å². The van der Waals surface area contributed by atoms with Crippen LogP contribution in [0.5, 0.6) is 0 Å². The standard InChI is InChI=1S/C22H28N4O4.C22H28N4O3S.C20H26N4O4.C19H24Cl2N4O3/c1-15-12-16-13-17(7-8-19(16)30-15)23-22(29)24-18-6-2-3-11-26(21(18)28)14-20(27)25-9-4-5-10-25;1-15-12-16-13-17(7-8-19(16)29-15)23-22(30)24-18-6-2-3-11-26(21(18)28)14-20(27)25-9-4-5-10-25;25-17(23-11-6-7-12-23)14-24-13-5-4-10-16(19(24)27)21-20(28)22-18(26)15-8-2-1-3-9-15;20-13-9-14(21)11-15(10-13)22-19(28)23-16-5-1-2-8-25(18(16)27)12-17(26)24-6-3-4-7-24/h7-8,12-13,18H,2-6,9-11,14H2,1H3,(H2,23,24,29);7-8,12-13,18H,2-6,9-11,14H2,1H3,(H2,23,24,30);1-3,8-9,16H,4-7,10-14H2,(H2,21,22,26,28);9-11,16H,1-8,12H2,(H2,22,23,28)/t;;2*16-/m..00/s1. The monoisotopic (exact) mass is 1650 g/mol. The maximum absolute atomic E-state index is 13.1. The second-order valence-corrected chi connectivity index (χ2v) is 31.8. The highest BCUT2D eigenvalue weighted by Crippen LogP contribution is 2.28. The number of furan rings is 2. The van der Waals surface area contributed by atoms with E-state index in [0.717, 1.165) is 194 Å². The summed E-state index contributed by atoms with van der Waals surface area (Å²) < 4.78 is 11.1.